The molecule has 0 aromatic carbocycles. The van der Waals surface area contributed by atoms with Crippen LogP contribution in [0.25, 0.3) is 0 Å². The Bertz CT molecular complexity index is 191. The van der Waals surface area contributed by atoms with E-state index in [4.69, 9.17) is 9.47 Å². The lowest BCUT2D eigenvalue weighted by Crippen LogP contribution is -2.29. The standard InChI is InChI=1S/C12H23NO3/c1-2-15-12(14)10-13-8-9-16-11-6-4-3-5-7-11/h11,13H,2-10H2,1H3. The summed E-state index contributed by atoms with van der Waals surface area (Å²) in [5.41, 5.74) is 0. The van der Waals surface area contributed by atoms with Crippen LogP contribution in [0.4, 0.5) is 0 Å². The van der Waals surface area contributed by atoms with Crippen molar-refractivity contribution in [2.75, 3.05) is 26.3 Å². The smallest absolute Gasteiger partial charge is 0.319 e. The zero-order chi connectivity index (χ0) is 11.6. The maximum atomic E-state index is 11.0. The average molecular weight is 229 g/mol. The zero-order valence-electron chi connectivity index (χ0n) is 10.2. The van der Waals surface area contributed by atoms with Gasteiger partial charge < -0.3 is 14.8 Å². The molecule has 1 N–H and O–H groups in total. The van der Waals surface area contributed by atoms with Gasteiger partial charge in [-0.25, -0.2) is 0 Å². The Morgan fingerprint density at radius 2 is 2.06 bits per heavy atom. The molecule has 1 aliphatic carbocycles. The van der Waals surface area contributed by atoms with E-state index in [0.29, 0.717) is 19.3 Å². The van der Waals surface area contributed by atoms with E-state index in [0.717, 1.165) is 6.54 Å². The largest absolute Gasteiger partial charge is 0.465 e. The van der Waals surface area contributed by atoms with Gasteiger partial charge in [0.05, 0.1) is 25.9 Å². The van der Waals surface area contributed by atoms with Crippen LogP contribution in [0.1, 0.15) is 39.0 Å². The molecule has 1 fully saturated rings. The van der Waals surface area contributed by atoms with Gasteiger partial charge >= 0.3 is 5.97 Å². The minimum atomic E-state index is -0.194. The highest BCUT2D eigenvalue weighted by molar-refractivity contribution is 5.71. The quantitative estimate of drug-likeness (QED) is 0.531. The molecule has 16 heavy (non-hydrogen) atoms. The average Bonchev–Trinajstić information content (AvgIpc) is 2.30. The van der Waals surface area contributed by atoms with Crippen molar-refractivity contribution in [3.63, 3.8) is 0 Å². The first-order valence-electron chi connectivity index (χ1n) is 6.31. The fourth-order valence-electron chi connectivity index (χ4n) is 1.93. The van der Waals surface area contributed by atoms with Crippen LogP contribution in [0.2, 0.25) is 0 Å². The third-order valence-corrected chi connectivity index (χ3v) is 2.76. The number of nitrogens with one attached hydrogen (secondary N) is 1. The van der Waals surface area contributed by atoms with Crippen molar-refractivity contribution < 1.29 is 14.3 Å². The van der Waals surface area contributed by atoms with E-state index >= 15 is 0 Å². The highest BCUT2D eigenvalue weighted by atomic mass is 16.5. The molecule has 0 saturated heterocycles. The molecule has 1 saturated carbocycles. The molecule has 0 unspecified atom stereocenters. The molecular formula is C12H23NO3. The zero-order valence-corrected chi connectivity index (χ0v) is 10.2. The highest BCUT2D eigenvalue weighted by Crippen LogP contribution is 2.19. The van der Waals surface area contributed by atoms with Gasteiger partial charge in [0.25, 0.3) is 0 Å². The summed E-state index contributed by atoms with van der Waals surface area (Å²) >= 11 is 0. The predicted molar refractivity (Wildman–Crippen MR) is 62.3 cm³/mol. The van der Waals surface area contributed by atoms with Crippen molar-refractivity contribution >= 4 is 5.97 Å². The van der Waals surface area contributed by atoms with E-state index in [1.54, 1.807) is 0 Å². The first-order valence-corrected chi connectivity index (χ1v) is 6.31. The van der Waals surface area contributed by atoms with Crippen LogP contribution >= 0.6 is 0 Å². The van der Waals surface area contributed by atoms with E-state index in [2.05, 4.69) is 5.32 Å². The minimum Gasteiger partial charge on any atom is -0.465 e. The van der Waals surface area contributed by atoms with E-state index in [-0.39, 0.29) is 12.5 Å². The van der Waals surface area contributed by atoms with Gasteiger partial charge in [0.2, 0.25) is 0 Å². The van der Waals surface area contributed by atoms with Crippen molar-refractivity contribution in [1.29, 1.82) is 0 Å². The van der Waals surface area contributed by atoms with Crippen LogP contribution in [0.3, 0.4) is 0 Å². The Morgan fingerprint density at radius 3 is 2.75 bits per heavy atom. The maximum absolute atomic E-state index is 11.0. The summed E-state index contributed by atoms with van der Waals surface area (Å²) < 4.78 is 10.5. The summed E-state index contributed by atoms with van der Waals surface area (Å²) in [6, 6.07) is 0. The molecule has 0 aromatic heterocycles. The molecule has 0 heterocycles. The lowest BCUT2D eigenvalue weighted by Gasteiger charge is -2.21. The lowest BCUT2D eigenvalue weighted by molar-refractivity contribution is -0.142. The predicted octanol–water partition coefficient (Wildman–Crippen LogP) is 1.49. The summed E-state index contributed by atoms with van der Waals surface area (Å²) in [4.78, 5) is 11.0. The van der Waals surface area contributed by atoms with Gasteiger partial charge in [-0.05, 0) is 19.8 Å². The summed E-state index contributed by atoms with van der Waals surface area (Å²) in [5.74, 6) is -0.194. The minimum absolute atomic E-state index is 0.194. The topological polar surface area (TPSA) is 47.6 Å². The Kier molecular flexibility index (Phi) is 7.17. The molecule has 0 aliphatic heterocycles. The van der Waals surface area contributed by atoms with Crippen molar-refractivity contribution in [3.8, 4) is 0 Å². The fourth-order valence-corrected chi connectivity index (χ4v) is 1.93. The van der Waals surface area contributed by atoms with Crippen molar-refractivity contribution in [2.45, 2.75) is 45.1 Å². The summed E-state index contributed by atoms with van der Waals surface area (Å²) in [7, 11) is 0. The molecule has 0 amide bonds. The molecule has 4 nitrogen and oxygen atoms in total. The van der Waals surface area contributed by atoms with Crippen molar-refractivity contribution in [3.05, 3.63) is 0 Å². The van der Waals surface area contributed by atoms with Crippen molar-refractivity contribution in [1.82, 2.24) is 5.32 Å². The van der Waals surface area contributed by atoms with E-state index in [9.17, 15) is 4.79 Å². The summed E-state index contributed by atoms with van der Waals surface area (Å²) in [6.45, 7) is 3.93. The number of carbonyl (C=O) groups excluding carboxylic acids is 1. The molecule has 94 valence electrons. The molecule has 0 spiro atoms. The first-order chi connectivity index (χ1) is 7.83. The van der Waals surface area contributed by atoms with Gasteiger partial charge in [-0.1, -0.05) is 19.3 Å². The lowest BCUT2D eigenvalue weighted by atomic mass is 9.98. The van der Waals surface area contributed by atoms with Crippen LogP contribution in [0.5, 0.6) is 0 Å². The Labute approximate surface area is 97.7 Å². The number of carbonyl (C=O) groups is 1. The number of rotatable bonds is 7. The molecule has 0 bridgehead atoms. The van der Waals surface area contributed by atoms with Crippen LogP contribution in [0.15, 0.2) is 0 Å². The second-order valence-corrected chi connectivity index (χ2v) is 4.11. The molecule has 0 atom stereocenters. The van der Waals surface area contributed by atoms with Gasteiger partial charge in [0.15, 0.2) is 0 Å². The summed E-state index contributed by atoms with van der Waals surface area (Å²) in [6.07, 6.45) is 6.76. The molecule has 0 radical (unpaired) electrons. The molecule has 0 aromatic rings. The third-order valence-electron chi connectivity index (χ3n) is 2.76. The molecule has 4 heteroatoms. The number of hydrogen-bond donors (Lipinski definition) is 1. The highest BCUT2D eigenvalue weighted by Gasteiger charge is 2.12. The first kappa shape index (κ1) is 13.5. The van der Waals surface area contributed by atoms with Gasteiger partial charge in [0.1, 0.15) is 0 Å². The Morgan fingerprint density at radius 1 is 1.31 bits per heavy atom. The molecule has 1 rings (SSSR count). The SMILES string of the molecule is CCOC(=O)CNCCOC1CCCCC1. The second kappa shape index (κ2) is 8.53. The van der Waals surface area contributed by atoms with Crippen LogP contribution in [0, 0.1) is 0 Å². The second-order valence-electron chi connectivity index (χ2n) is 4.11. The van der Waals surface area contributed by atoms with E-state index < -0.39 is 0 Å². The molecular weight excluding hydrogens is 206 g/mol. The van der Waals surface area contributed by atoms with Gasteiger partial charge in [-0.3, -0.25) is 4.79 Å². The van der Waals surface area contributed by atoms with Crippen LogP contribution < -0.4 is 5.32 Å². The van der Waals surface area contributed by atoms with Crippen LogP contribution in [-0.4, -0.2) is 38.4 Å². The van der Waals surface area contributed by atoms with E-state index in [1.165, 1.54) is 32.1 Å². The normalized spacial score (nSPS) is 17.3. The fraction of sp³-hybridized carbons (Fsp3) is 0.917. The molecule has 1 aliphatic rings. The van der Waals surface area contributed by atoms with E-state index in [1.807, 2.05) is 6.92 Å². The number of esters is 1. The monoisotopic (exact) mass is 229 g/mol. The Hall–Kier alpha value is -0.610. The van der Waals surface area contributed by atoms with Crippen molar-refractivity contribution in [2.24, 2.45) is 0 Å². The van der Waals surface area contributed by atoms with Gasteiger partial charge in [-0.2, -0.15) is 0 Å². The van der Waals surface area contributed by atoms with Crippen LogP contribution in [-0.2, 0) is 14.3 Å². The maximum Gasteiger partial charge on any atom is 0.319 e. The number of ether oxygens (including phenoxy) is 2. The third kappa shape index (κ3) is 6.08. The number of hydrogen-bond acceptors (Lipinski definition) is 4. The Balaban J connectivity index is 1.89. The van der Waals surface area contributed by atoms with Gasteiger partial charge in [0, 0.05) is 6.54 Å². The van der Waals surface area contributed by atoms with Gasteiger partial charge in [-0.15, -0.1) is 0 Å². The summed E-state index contributed by atoms with van der Waals surface area (Å²) in [5, 5.41) is 3.01.